The molecule has 4 nitrogen and oxygen atoms in total. The van der Waals surface area contributed by atoms with Crippen LogP contribution in [0.4, 0.5) is 25.8 Å². The molecule has 1 amide bonds. The molecule has 3 aromatic rings. The van der Waals surface area contributed by atoms with Gasteiger partial charge in [0.25, 0.3) is 5.91 Å². The highest BCUT2D eigenvalue weighted by molar-refractivity contribution is 6.04. The number of anilines is 3. The molecule has 3 rings (SSSR count). The van der Waals surface area contributed by atoms with Crippen LogP contribution in [-0.2, 0) is 5.41 Å². The number of benzene rings is 2. The van der Waals surface area contributed by atoms with Crippen molar-refractivity contribution < 1.29 is 13.6 Å². The quantitative estimate of drug-likeness (QED) is 0.614. The van der Waals surface area contributed by atoms with Crippen molar-refractivity contribution in [2.45, 2.75) is 26.2 Å². The lowest BCUT2D eigenvalue weighted by atomic mass is 9.87. The highest BCUT2D eigenvalue weighted by Crippen LogP contribution is 2.25. The van der Waals surface area contributed by atoms with E-state index in [4.69, 9.17) is 0 Å². The fourth-order valence-corrected chi connectivity index (χ4v) is 2.64. The maximum atomic E-state index is 13.7. The van der Waals surface area contributed by atoms with Gasteiger partial charge >= 0.3 is 0 Å². The second-order valence-corrected chi connectivity index (χ2v) is 7.49. The van der Waals surface area contributed by atoms with E-state index in [0.717, 1.165) is 11.8 Å². The molecule has 1 aromatic heterocycles. The highest BCUT2D eigenvalue weighted by atomic mass is 19.1. The summed E-state index contributed by atoms with van der Waals surface area (Å²) in [5.74, 6) is -2.08. The van der Waals surface area contributed by atoms with E-state index in [2.05, 4.69) is 36.4 Å². The summed E-state index contributed by atoms with van der Waals surface area (Å²) in [4.78, 5) is 16.4. The van der Waals surface area contributed by atoms with Crippen LogP contribution in [0.1, 0.15) is 36.7 Å². The van der Waals surface area contributed by atoms with Crippen molar-refractivity contribution in [2.24, 2.45) is 0 Å². The van der Waals surface area contributed by atoms with Crippen LogP contribution < -0.4 is 10.6 Å². The largest absolute Gasteiger partial charge is 0.354 e. The fourth-order valence-electron chi connectivity index (χ4n) is 2.64. The monoisotopic (exact) mass is 381 g/mol. The summed E-state index contributed by atoms with van der Waals surface area (Å²) >= 11 is 0. The van der Waals surface area contributed by atoms with Gasteiger partial charge in [0.05, 0.1) is 23.1 Å². The standard InChI is InChI=1S/C22H21F2N3O/c1-22(2,3)15-4-7-17(8-5-15)26-18-10-14(12-25-13-18)21(28)27-20-9-6-16(23)11-19(20)24/h4-13,26H,1-3H3,(H,27,28). The predicted molar refractivity (Wildman–Crippen MR) is 107 cm³/mol. The zero-order chi connectivity index (χ0) is 20.3. The van der Waals surface area contributed by atoms with Crippen LogP contribution in [-0.4, -0.2) is 10.9 Å². The second-order valence-electron chi connectivity index (χ2n) is 7.49. The number of amides is 1. The molecule has 0 saturated heterocycles. The van der Waals surface area contributed by atoms with Gasteiger partial charge in [0.1, 0.15) is 11.6 Å². The van der Waals surface area contributed by atoms with Crippen LogP contribution in [0.2, 0.25) is 0 Å². The van der Waals surface area contributed by atoms with Gasteiger partial charge in [0.2, 0.25) is 0 Å². The Morgan fingerprint density at radius 3 is 2.29 bits per heavy atom. The van der Waals surface area contributed by atoms with E-state index in [9.17, 15) is 13.6 Å². The average Bonchev–Trinajstić information content (AvgIpc) is 2.64. The minimum Gasteiger partial charge on any atom is -0.354 e. The number of nitrogens with zero attached hydrogens (tertiary/aromatic N) is 1. The molecular weight excluding hydrogens is 360 g/mol. The van der Waals surface area contributed by atoms with Crippen LogP contribution in [0.5, 0.6) is 0 Å². The number of hydrogen-bond donors (Lipinski definition) is 2. The summed E-state index contributed by atoms with van der Waals surface area (Å²) in [5, 5.41) is 5.61. The zero-order valence-electron chi connectivity index (χ0n) is 15.9. The lowest BCUT2D eigenvalue weighted by Gasteiger charge is -2.19. The number of halogens is 2. The van der Waals surface area contributed by atoms with Crippen molar-refractivity contribution in [1.82, 2.24) is 4.98 Å². The van der Waals surface area contributed by atoms with E-state index >= 15 is 0 Å². The molecule has 28 heavy (non-hydrogen) atoms. The SMILES string of the molecule is CC(C)(C)c1ccc(Nc2cncc(C(=O)Nc3ccc(F)cc3F)c2)cc1. The first-order valence-electron chi connectivity index (χ1n) is 8.81. The van der Waals surface area contributed by atoms with Gasteiger partial charge in [-0.15, -0.1) is 0 Å². The van der Waals surface area contributed by atoms with Gasteiger partial charge in [0, 0.05) is 18.0 Å². The number of carbonyl (C=O) groups excluding carboxylic acids is 1. The summed E-state index contributed by atoms with van der Waals surface area (Å²) < 4.78 is 26.7. The summed E-state index contributed by atoms with van der Waals surface area (Å²) in [6.45, 7) is 6.43. The smallest absolute Gasteiger partial charge is 0.257 e. The molecule has 0 saturated carbocycles. The van der Waals surface area contributed by atoms with Crippen molar-refractivity contribution in [1.29, 1.82) is 0 Å². The number of carbonyl (C=O) groups is 1. The Kier molecular flexibility index (Phi) is 5.40. The molecule has 0 spiro atoms. The number of nitrogens with one attached hydrogen (secondary N) is 2. The molecule has 0 atom stereocenters. The Morgan fingerprint density at radius 2 is 1.64 bits per heavy atom. The molecule has 0 bridgehead atoms. The van der Waals surface area contributed by atoms with Gasteiger partial charge < -0.3 is 10.6 Å². The number of rotatable bonds is 4. The van der Waals surface area contributed by atoms with Gasteiger partial charge in [0.15, 0.2) is 0 Å². The first-order valence-corrected chi connectivity index (χ1v) is 8.81. The molecule has 2 N–H and O–H groups in total. The molecule has 0 unspecified atom stereocenters. The normalized spacial score (nSPS) is 11.2. The van der Waals surface area contributed by atoms with Crippen LogP contribution in [0.25, 0.3) is 0 Å². The Hall–Kier alpha value is -3.28. The van der Waals surface area contributed by atoms with Crippen molar-refractivity contribution in [3.8, 4) is 0 Å². The van der Waals surface area contributed by atoms with Crippen LogP contribution in [0.15, 0.2) is 60.9 Å². The summed E-state index contributed by atoms with van der Waals surface area (Å²) in [6, 6.07) is 12.6. The Labute approximate surface area is 162 Å². The third-order valence-electron chi connectivity index (χ3n) is 4.22. The predicted octanol–water partition coefficient (Wildman–Crippen LogP) is 5.65. The summed E-state index contributed by atoms with van der Waals surface area (Å²) in [5.41, 5.74) is 2.91. The van der Waals surface area contributed by atoms with E-state index in [1.165, 1.54) is 17.8 Å². The molecule has 6 heteroatoms. The molecule has 1 heterocycles. The van der Waals surface area contributed by atoms with E-state index in [0.29, 0.717) is 11.8 Å². The molecule has 144 valence electrons. The third kappa shape index (κ3) is 4.71. The van der Waals surface area contributed by atoms with Gasteiger partial charge in [-0.1, -0.05) is 32.9 Å². The fraction of sp³-hybridized carbons (Fsp3) is 0.182. The first kappa shape index (κ1) is 19.5. The van der Waals surface area contributed by atoms with Crippen LogP contribution in [0.3, 0.4) is 0 Å². The zero-order valence-corrected chi connectivity index (χ0v) is 15.9. The van der Waals surface area contributed by atoms with Crippen LogP contribution >= 0.6 is 0 Å². The van der Waals surface area contributed by atoms with E-state index in [-0.39, 0.29) is 16.7 Å². The van der Waals surface area contributed by atoms with Crippen LogP contribution in [0, 0.1) is 11.6 Å². The maximum absolute atomic E-state index is 13.7. The number of pyridine rings is 1. The molecule has 2 aromatic carbocycles. The van der Waals surface area contributed by atoms with Gasteiger partial charge in [-0.3, -0.25) is 9.78 Å². The Bertz CT molecular complexity index is 995. The summed E-state index contributed by atoms with van der Waals surface area (Å²) in [6.07, 6.45) is 2.97. The maximum Gasteiger partial charge on any atom is 0.257 e. The molecule has 0 aliphatic carbocycles. The Balaban J connectivity index is 1.73. The van der Waals surface area contributed by atoms with Gasteiger partial charge in [-0.2, -0.15) is 0 Å². The van der Waals surface area contributed by atoms with Gasteiger partial charge in [-0.25, -0.2) is 8.78 Å². The minimum absolute atomic E-state index is 0.0632. The van der Waals surface area contributed by atoms with Gasteiger partial charge in [-0.05, 0) is 41.3 Å². The van der Waals surface area contributed by atoms with Crippen molar-refractivity contribution in [3.05, 3.63) is 83.7 Å². The van der Waals surface area contributed by atoms with E-state index in [1.807, 2.05) is 24.3 Å². The molecular formula is C22H21F2N3O. The average molecular weight is 381 g/mol. The molecule has 0 aliphatic heterocycles. The molecule has 0 fully saturated rings. The van der Waals surface area contributed by atoms with Crippen molar-refractivity contribution >= 4 is 23.0 Å². The second kappa shape index (κ2) is 7.76. The lowest BCUT2D eigenvalue weighted by molar-refractivity contribution is 0.102. The molecule has 0 radical (unpaired) electrons. The topological polar surface area (TPSA) is 54.0 Å². The summed E-state index contributed by atoms with van der Waals surface area (Å²) in [7, 11) is 0. The lowest BCUT2D eigenvalue weighted by Crippen LogP contribution is -2.13. The number of aromatic nitrogens is 1. The Morgan fingerprint density at radius 1 is 0.929 bits per heavy atom. The van der Waals surface area contributed by atoms with E-state index in [1.54, 1.807) is 12.3 Å². The van der Waals surface area contributed by atoms with Crippen molar-refractivity contribution in [3.63, 3.8) is 0 Å². The highest BCUT2D eigenvalue weighted by Gasteiger charge is 2.14. The van der Waals surface area contributed by atoms with Crippen molar-refractivity contribution in [2.75, 3.05) is 10.6 Å². The number of hydrogen-bond acceptors (Lipinski definition) is 3. The third-order valence-corrected chi connectivity index (χ3v) is 4.22. The minimum atomic E-state index is -0.838. The van der Waals surface area contributed by atoms with E-state index < -0.39 is 17.5 Å². The molecule has 0 aliphatic rings. The first-order chi connectivity index (χ1) is 13.2.